The highest BCUT2D eigenvalue weighted by molar-refractivity contribution is 6.31. The maximum absolute atomic E-state index is 12.4. The Kier molecular flexibility index (Phi) is 5.89. The Morgan fingerprint density at radius 1 is 1.08 bits per heavy atom. The van der Waals surface area contributed by atoms with Gasteiger partial charge in [-0.1, -0.05) is 30.9 Å². The van der Waals surface area contributed by atoms with Gasteiger partial charge in [-0.3, -0.25) is 14.6 Å². The molecule has 0 radical (unpaired) electrons. The molecule has 6 heteroatoms. The molecular formula is C20H22ClN3O2. The monoisotopic (exact) mass is 371 g/mol. The van der Waals surface area contributed by atoms with Crippen molar-refractivity contribution in [3.8, 4) is 0 Å². The minimum atomic E-state index is -0.338. The third-order valence-electron chi connectivity index (χ3n) is 4.63. The van der Waals surface area contributed by atoms with Crippen molar-refractivity contribution in [2.24, 2.45) is 0 Å². The summed E-state index contributed by atoms with van der Waals surface area (Å²) in [5, 5.41) is 6.37. The van der Waals surface area contributed by atoms with Crippen molar-refractivity contribution in [1.82, 2.24) is 10.3 Å². The van der Waals surface area contributed by atoms with E-state index in [0.717, 1.165) is 18.4 Å². The number of hydrogen-bond acceptors (Lipinski definition) is 3. The molecule has 0 unspecified atom stereocenters. The van der Waals surface area contributed by atoms with Crippen LogP contribution < -0.4 is 10.6 Å². The summed E-state index contributed by atoms with van der Waals surface area (Å²) in [5.74, 6) is -0.399. The molecule has 0 bridgehead atoms. The predicted octanol–water partition coefficient (Wildman–Crippen LogP) is 4.36. The van der Waals surface area contributed by atoms with Gasteiger partial charge in [0.25, 0.3) is 11.8 Å². The first kappa shape index (κ1) is 18.4. The van der Waals surface area contributed by atoms with E-state index in [1.165, 1.54) is 31.5 Å². The fraction of sp³-hybridized carbons (Fsp3) is 0.350. The molecule has 1 aliphatic carbocycles. The van der Waals surface area contributed by atoms with Crippen LogP contribution in [-0.2, 0) is 0 Å². The summed E-state index contributed by atoms with van der Waals surface area (Å²) in [5.41, 5.74) is 2.31. The van der Waals surface area contributed by atoms with Gasteiger partial charge in [-0.2, -0.15) is 0 Å². The van der Waals surface area contributed by atoms with E-state index >= 15 is 0 Å². The number of halogens is 1. The normalized spacial score (nSPS) is 14.7. The Labute approximate surface area is 158 Å². The van der Waals surface area contributed by atoms with Gasteiger partial charge in [0.2, 0.25) is 0 Å². The molecule has 0 atom stereocenters. The van der Waals surface area contributed by atoms with Gasteiger partial charge < -0.3 is 10.6 Å². The molecule has 0 spiro atoms. The van der Waals surface area contributed by atoms with Gasteiger partial charge in [-0.15, -0.1) is 0 Å². The van der Waals surface area contributed by atoms with Gasteiger partial charge in [-0.25, -0.2) is 0 Å². The minimum Gasteiger partial charge on any atom is -0.349 e. The average molecular weight is 372 g/mol. The molecule has 3 rings (SSSR count). The summed E-state index contributed by atoms with van der Waals surface area (Å²) in [6.07, 6.45) is 7.18. The molecule has 1 aromatic heterocycles. The number of pyridine rings is 1. The van der Waals surface area contributed by atoms with Crippen LogP contribution in [-0.4, -0.2) is 22.8 Å². The lowest BCUT2D eigenvalue weighted by Gasteiger charge is -2.23. The number of rotatable bonds is 4. The van der Waals surface area contributed by atoms with Gasteiger partial charge in [0.15, 0.2) is 0 Å². The van der Waals surface area contributed by atoms with Crippen LogP contribution in [0.2, 0.25) is 5.02 Å². The van der Waals surface area contributed by atoms with Gasteiger partial charge in [0.1, 0.15) is 5.69 Å². The minimum absolute atomic E-state index is 0.0608. The number of nitrogens with zero attached hydrogens (tertiary/aromatic N) is 1. The lowest BCUT2D eigenvalue weighted by Crippen LogP contribution is -2.36. The highest BCUT2D eigenvalue weighted by Gasteiger charge is 2.17. The summed E-state index contributed by atoms with van der Waals surface area (Å²) >= 11 is 5.89. The smallest absolute Gasteiger partial charge is 0.274 e. The molecule has 26 heavy (non-hydrogen) atoms. The zero-order valence-electron chi connectivity index (χ0n) is 14.7. The quantitative estimate of drug-likeness (QED) is 0.838. The van der Waals surface area contributed by atoms with Crippen LogP contribution in [0.1, 0.15) is 58.5 Å². The van der Waals surface area contributed by atoms with Crippen molar-refractivity contribution in [3.63, 3.8) is 0 Å². The number of aromatic nitrogens is 1. The van der Waals surface area contributed by atoms with Crippen LogP contribution >= 0.6 is 11.6 Å². The second kappa shape index (κ2) is 8.32. The molecule has 1 heterocycles. The lowest BCUT2D eigenvalue weighted by molar-refractivity contribution is 0.0927. The highest BCUT2D eigenvalue weighted by atomic mass is 35.5. The van der Waals surface area contributed by atoms with Crippen LogP contribution in [0.15, 0.2) is 36.5 Å². The van der Waals surface area contributed by atoms with E-state index in [1.807, 2.05) is 6.92 Å². The number of amides is 2. The zero-order valence-corrected chi connectivity index (χ0v) is 15.5. The van der Waals surface area contributed by atoms with Crippen LogP contribution in [0.5, 0.6) is 0 Å². The summed E-state index contributed by atoms with van der Waals surface area (Å²) in [7, 11) is 0. The molecule has 0 saturated heterocycles. The predicted molar refractivity (Wildman–Crippen MR) is 103 cm³/mol. The summed E-state index contributed by atoms with van der Waals surface area (Å²) in [6, 6.07) is 8.66. The van der Waals surface area contributed by atoms with E-state index in [4.69, 9.17) is 11.6 Å². The average Bonchev–Trinajstić information content (AvgIpc) is 2.64. The Morgan fingerprint density at radius 2 is 1.85 bits per heavy atom. The van der Waals surface area contributed by atoms with Gasteiger partial charge >= 0.3 is 0 Å². The maximum atomic E-state index is 12.4. The largest absolute Gasteiger partial charge is 0.349 e. The van der Waals surface area contributed by atoms with E-state index in [2.05, 4.69) is 15.6 Å². The maximum Gasteiger partial charge on any atom is 0.274 e. The fourth-order valence-corrected chi connectivity index (χ4v) is 3.34. The molecule has 1 saturated carbocycles. The van der Waals surface area contributed by atoms with E-state index in [0.29, 0.717) is 16.3 Å². The van der Waals surface area contributed by atoms with E-state index in [9.17, 15) is 9.59 Å². The summed E-state index contributed by atoms with van der Waals surface area (Å²) in [6.45, 7) is 1.86. The van der Waals surface area contributed by atoms with Crippen molar-refractivity contribution in [2.45, 2.75) is 45.1 Å². The lowest BCUT2D eigenvalue weighted by atomic mass is 9.95. The van der Waals surface area contributed by atoms with E-state index in [-0.39, 0.29) is 23.6 Å². The van der Waals surface area contributed by atoms with E-state index < -0.39 is 0 Å². The fourth-order valence-electron chi connectivity index (χ4n) is 3.18. The second-order valence-electron chi connectivity index (χ2n) is 6.65. The van der Waals surface area contributed by atoms with Crippen LogP contribution in [0, 0.1) is 6.92 Å². The molecule has 2 aromatic rings. The first-order valence-corrected chi connectivity index (χ1v) is 9.25. The summed E-state index contributed by atoms with van der Waals surface area (Å²) in [4.78, 5) is 28.7. The second-order valence-corrected chi connectivity index (χ2v) is 7.09. The first-order chi connectivity index (χ1) is 12.5. The Morgan fingerprint density at radius 3 is 2.54 bits per heavy atom. The molecule has 2 amide bonds. The Balaban J connectivity index is 1.67. The zero-order chi connectivity index (χ0) is 18.5. The molecule has 5 nitrogen and oxygen atoms in total. The van der Waals surface area contributed by atoms with Gasteiger partial charge in [0.05, 0.1) is 0 Å². The molecule has 2 N–H and O–H groups in total. The van der Waals surface area contributed by atoms with Crippen LogP contribution in [0.4, 0.5) is 5.69 Å². The Bertz CT molecular complexity index is 816. The number of nitrogens with one attached hydrogen (secondary N) is 2. The number of anilines is 1. The number of carbonyl (C=O) groups excluding carboxylic acids is 2. The third-order valence-corrected chi connectivity index (χ3v) is 4.87. The number of hydrogen-bond donors (Lipinski definition) is 2. The molecular weight excluding hydrogens is 350 g/mol. The Hall–Kier alpha value is -2.40. The van der Waals surface area contributed by atoms with Crippen molar-refractivity contribution >= 4 is 29.1 Å². The molecule has 1 aromatic carbocycles. The number of aryl methyl sites for hydroxylation is 1. The van der Waals surface area contributed by atoms with Gasteiger partial charge in [0, 0.05) is 28.5 Å². The highest BCUT2D eigenvalue weighted by Crippen LogP contribution is 2.20. The third kappa shape index (κ3) is 4.61. The topological polar surface area (TPSA) is 71.1 Å². The van der Waals surface area contributed by atoms with Gasteiger partial charge in [-0.05, 0) is 55.7 Å². The van der Waals surface area contributed by atoms with E-state index in [1.54, 1.807) is 24.3 Å². The van der Waals surface area contributed by atoms with Crippen LogP contribution in [0.3, 0.4) is 0 Å². The summed E-state index contributed by atoms with van der Waals surface area (Å²) < 4.78 is 0. The molecule has 1 fully saturated rings. The number of carbonyl (C=O) groups is 2. The standard InChI is InChI=1S/C20H22ClN3O2/c1-13-11-14(19(25)23-16-5-3-2-4-6-16)7-8-17(13)24-20(26)18-12-15(21)9-10-22-18/h7-12,16H,2-6H2,1H3,(H,23,25)(H,24,26). The van der Waals surface area contributed by atoms with Crippen molar-refractivity contribution in [1.29, 1.82) is 0 Å². The molecule has 0 aliphatic heterocycles. The SMILES string of the molecule is Cc1cc(C(=O)NC2CCCCC2)ccc1NC(=O)c1cc(Cl)ccn1. The van der Waals surface area contributed by atoms with Crippen molar-refractivity contribution in [2.75, 3.05) is 5.32 Å². The van der Waals surface area contributed by atoms with Crippen LogP contribution in [0.25, 0.3) is 0 Å². The molecule has 136 valence electrons. The molecule has 1 aliphatic rings. The van der Waals surface area contributed by atoms with Crippen molar-refractivity contribution in [3.05, 3.63) is 58.4 Å². The first-order valence-electron chi connectivity index (χ1n) is 8.87. The van der Waals surface area contributed by atoms with Crippen molar-refractivity contribution < 1.29 is 9.59 Å². The number of benzene rings is 1.